The lowest BCUT2D eigenvalue weighted by atomic mass is 9.96. The zero-order valence-corrected chi connectivity index (χ0v) is 10.5. The minimum atomic E-state index is -0.886. The average Bonchev–Trinajstić information content (AvgIpc) is 2.05. The average molecular weight is 273 g/mol. The number of rotatable bonds is 2. The minimum Gasteiger partial charge on any atom is -0.481 e. The van der Waals surface area contributed by atoms with E-state index in [0.29, 0.717) is 16.0 Å². The molecule has 15 heavy (non-hydrogen) atoms. The number of aromatic nitrogens is 2. The number of aliphatic carboxylic acids is 1. The molecule has 0 spiro atoms. The van der Waals surface area contributed by atoms with Crippen molar-refractivity contribution < 1.29 is 9.90 Å². The van der Waals surface area contributed by atoms with Gasteiger partial charge in [0.05, 0.1) is 6.42 Å². The van der Waals surface area contributed by atoms with Crippen LogP contribution in [0.2, 0.25) is 0 Å². The largest absolute Gasteiger partial charge is 0.481 e. The topological polar surface area (TPSA) is 63.1 Å². The number of nitrogens with zero attached hydrogens (tertiary/aromatic N) is 2. The van der Waals surface area contributed by atoms with Gasteiger partial charge >= 0.3 is 5.97 Å². The summed E-state index contributed by atoms with van der Waals surface area (Å²) in [6.07, 6.45) is 1.50. The fourth-order valence-electron chi connectivity index (χ4n) is 1.03. The zero-order chi connectivity index (χ0) is 11.6. The maximum atomic E-state index is 10.5. The normalized spacial score (nSPS) is 11.5. The third-order valence-electron chi connectivity index (χ3n) is 1.82. The molecule has 0 saturated carbocycles. The summed E-state index contributed by atoms with van der Waals surface area (Å²) in [4.78, 5) is 18.9. The van der Waals surface area contributed by atoms with Gasteiger partial charge in [0.15, 0.2) is 0 Å². The Bertz CT molecular complexity index is 385. The van der Waals surface area contributed by atoms with Crippen LogP contribution in [0.3, 0.4) is 0 Å². The Labute approximate surface area is 96.9 Å². The van der Waals surface area contributed by atoms with Crippen molar-refractivity contribution >= 4 is 21.9 Å². The SMILES string of the molecule is CC(C)(C)c1ncc(CC(=O)O)c(Br)n1. The third-order valence-corrected chi connectivity index (χ3v) is 2.51. The summed E-state index contributed by atoms with van der Waals surface area (Å²) in [5.74, 6) is -0.189. The van der Waals surface area contributed by atoms with Gasteiger partial charge in [-0.05, 0) is 15.9 Å². The van der Waals surface area contributed by atoms with Crippen molar-refractivity contribution in [2.45, 2.75) is 32.6 Å². The van der Waals surface area contributed by atoms with Crippen LogP contribution in [0.5, 0.6) is 0 Å². The third kappa shape index (κ3) is 3.27. The van der Waals surface area contributed by atoms with Gasteiger partial charge in [0, 0.05) is 17.2 Å². The Hall–Kier alpha value is -0.970. The van der Waals surface area contributed by atoms with Crippen LogP contribution in [0.4, 0.5) is 0 Å². The highest BCUT2D eigenvalue weighted by Crippen LogP contribution is 2.21. The van der Waals surface area contributed by atoms with Gasteiger partial charge in [0.25, 0.3) is 0 Å². The summed E-state index contributed by atoms with van der Waals surface area (Å²) >= 11 is 3.25. The molecule has 0 radical (unpaired) electrons. The van der Waals surface area contributed by atoms with Gasteiger partial charge in [0.2, 0.25) is 0 Å². The van der Waals surface area contributed by atoms with Gasteiger partial charge in [-0.1, -0.05) is 20.8 Å². The summed E-state index contributed by atoms with van der Waals surface area (Å²) in [6.45, 7) is 6.02. The first-order valence-electron chi connectivity index (χ1n) is 4.54. The second kappa shape index (κ2) is 4.26. The van der Waals surface area contributed by atoms with Crippen LogP contribution in [0.1, 0.15) is 32.2 Å². The zero-order valence-electron chi connectivity index (χ0n) is 8.91. The molecule has 1 aromatic heterocycles. The first-order chi connectivity index (χ1) is 6.80. The molecule has 1 heterocycles. The number of hydrogen-bond acceptors (Lipinski definition) is 3. The lowest BCUT2D eigenvalue weighted by Gasteiger charge is -2.16. The fraction of sp³-hybridized carbons (Fsp3) is 0.500. The van der Waals surface area contributed by atoms with Gasteiger partial charge in [-0.25, -0.2) is 9.97 Å². The second-order valence-corrected chi connectivity index (χ2v) is 5.08. The Balaban J connectivity index is 3.03. The van der Waals surface area contributed by atoms with E-state index < -0.39 is 5.97 Å². The van der Waals surface area contributed by atoms with Gasteiger partial charge < -0.3 is 5.11 Å². The minimum absolute atomic E-state index is 0.0645. The molecule has 0 aromatic carbocycles. The van der Waals surface area contributed by atoms with E-state index in [2.05, 4.69) is 25.9 Å². The molecule has 0 atom stereocenters. The van der Waals surface area contributed by atoms with Crippen molar-refractivity contribution in [1.82, 2.24) is 9.97 Å². The van der Waals surface area contributed by atoms with Crippen molar-refractivity contribution in [2.75, 3.05) is 0 Å². The van der Waals surface area contributed by atoms with E-state index in [1.807, 2.05) is 20.8 Å². The Morgan fingerprint density at radius 1 is 1.53 bits per heavy atom. The van der Waals surface area contributed by atoms with Crippen LogP contribution < -0.4 is 0 Å². The van der Waals surface area contributed by atoms with E-state index in [9.17, 15) is 4.79 Å². The van der Waals surface area contributed by atoms with E-state index >= 15 is 0 Å². The molecule has 4 nitrogen and oxygen atoms in total. The van der Waals surface area contributed by atoms with Gasteiger partial charge in [-0.3, -0.25) is 4.79 Å². The summed E-state index contributed by atoms with van der Waals surface area (Å²) in [6, 6.07) is 0. The summed E-state index contributed by atoms with van der Waals surface area (Å²) < 4.78 is 0.560. The van der Waals surface area contributed by atoms with Crippen LogP contribution in [0.15, 0.2) is 10.8 Å². The predicted octanol–water partition coefficient (Wildman–Crippen LogP) is 2.16. The molecule has 0 saturated heterocycles. The van der Waals surface area contributed by atoms with Crippen LogP contribution in [-0.4, -0.2) is 21.0 Å². The standard InChI is InChI=1S/C10H13BrN2O2/c1-10(2,3)9-12-5-6(4-7(14)15)8(11)13-9/h5H,4H2,1-3H3,(H,14,15). The first-order valence-corrected chi connectivity index (χ1v) is 5.33. The van der Waals surface area contributed by atoms with Crippen LogP contribution in [-0.2, 0) is 16.6 Å². The molecule has 0 aliphatic carbocycles. The molecular weight excluding hydrogens is 260 g/mol. The highest BCUT2D eigenvalue weighted by Gasteiger charge is 2.18. The Kier molecular flexibility index (Phi) is 3.44. The van der Waals surface area contributed by atoms with Gasteiger partial charge in [-0.15, -0.1) is 0 Å². The van der Waals surface area contributed by atoms with Crippen LogP contribution in [0.25, 0.3) is 0 Å². The maximum Gasteiger partial charge on any atom is 0.307 e. The lowest BCUT2D eigenvalue weighted by molar-refractivity contribution is -0.136. The quantitative estimate of drug-likeness (QED) is 0.839. The molecule has 1 rings (SSSR count). The summed E-state index contributed by atoms with van der Waals surface area (Å²) in [7, 11) is 0. The second-order valence-electron chi connectivity index (χ2n) is 4.33. The number of hydrogen-bond donors (Lipinski definition) is 1. The first kappa shape index (κ1) is 12.1. The van der Waals surface area contributed by atoms with Gasteiger partial charge in [0.1, 0.15) is 10.4 Å². The molecule has 0 amide bonds. The molecule has 82 valence electrons. The molecule has 0 unspecified atom stereocenters. The monoisotopic (exact) mass is 272 g/mol. The fourth-order valence-corrected chi connectivity index (χ4v) is 1.44. The number of carbonyl (C=O) groups is 1. The molecule has 1 N–H and O–H groups in total. The van der Waals surface area contributed by atoms with E-state index in [4.69, 9.17) is 5.11 Å². The van der Waals surface area contributed by atoms with Crippen LogP contribution in [0, 0.1) is 0 Å². The molecule has 5 heteroatoms. The predicted molar refractivity (Wildman–Crippen MR) is 59.8 cm³/mol. The van der Waals surface area contributed by atoms with E-state index in [-0.39, 0.29) is 11.8 Å². The molecule has 0 bridgehead atoms. The highest BCUT2D eigenvalue weighted by atomic mass is 79.9. The van der Waals surface area contributed by atoms with E-state index in [1.165, 1.54) is 0 Å². The van der Waals surface area contributed by atoms with Crippen molar-refractivity contribution in [3.8, 4) is 0 Å². The molecule has 0 aliphatic rings. The van der Waals surface area contributed by atoms with Crippen molar-refractivity contribution in [2.24, 2.45) is 0 Å². The summed E-state index contributed by atoms with van der Waals surface area (Å²) in [5.41, 5.74) is 0.458. The molecular formula is C10H13BrN2O2. The smallest absolute Gasteiger partial charge is 0.307 e. The summed E-state index contributed by atoms with van der Waals surface area (Å²) in [5, 5.41) is 8.64. The van der Waals surface area contributed by atoms with E-state index in [1.54, 1.807) is 6.20 Å². The van der Waals surface area contributed by atoms with Crippen LogP contribution >= 0.6 is 15.9 Å². The molecule has 1 aromatic rings. The number of carboxylic acids is 1. The van der Waals surface area contributed by atoms with Crippen molar-refractivity contribution in [1.29, 1.82) is 0 Å². The molecule has 0 aliphatic heterocycles. The highest BCUT2D eigenvalue weighted by molar-refractivity contribution is 9.10. The maximum absolute atomic E-state index is 10.5. The van der Waals surface area contributed by atoms with Crippen molar-refractivity contribution in [3.05, 3.63) is 22.2 Å². The Morgan fingerprint density at radius 2 is 2.13 bits per heavy atom. The van der Waals surface area contributed by atoms with Gasteiger partial charge in [-0.2, -0.15) is 0 Å². The number of carboxylic acid groups (broad SMARTS) is 1. The van der Waals surface area contributed by atoms with E-state index in [0.717, 1.165) is 0 Å². The molecule has 0 fully saturated rings. The lowest BCUT2D eigenvalue weighted by Crippen LogP contribution is -2.17. The van der Waals surface area contributed by atoms with Crippen molar-refractivity contribution in [3.63, 3.8) is 0 Å². The Morgan fingerprint density at radius 3 is 2.53 bits per heavy atom. The number of halogens is 1.